The van der Waals surface area contributed by atoms with Crippen LogP contribution in [0.5, 0.6) is 0 Å². The Hall–Kier alpha value is -2.66. The molecule has 29 heavy (non-hydrogen) atoms. The first kappa shape index (κ1) is 21.1. The van der Waals surface area contributed by atoms with Crippen LogP contribution in [0.1, 0.15) is 36.1 Å². The van der Waals surface area contributed by atoms with Crippen molar-refractivity contribution in [3.8, 4) is 11.3 Å². The van der Waals surface area contributed by atoms with Crippen LogP contribution >= 0.6 is 11.3 Å². The predicted molar refractivity (Wildman–Crippen MR) is 126 cm³/mol. The Morgan fingerprint density at radius 1 is 0.966 bits per heavy atom. The number of rotatable bonds is 6. The molecule has 2 aromatic carbocycles. The van der Waals surface area contributed by atoms with Crippen LogP contribution in [0.4, 0.5) is 5.69 Å². The molecular weight excluding hydrogens is 376 g/mol. The minimum Gasteiger partial charge on any atom is -0.372 e. The summed E-state index contributed by atoms with van der Waals surface area (Å²) in [5.74, 6) is 0. The molecule has 3 rings (SSSR count). The van der Waals surface area contributed by atoms with Gasteiger partial charge < -0.3 is 4.90 Å². The SMILES string of the molecule is CCN(CC)c1ccc(C=Nn2c(-c3cc(C)c(C)cc3C)csc2=NC)cc1. The number of hydrogen-bond acceptors (Lipinski definition) is 4. The maximum absolute atomic E-state index is 4.79. The average Bonchev–Trinajstić information content (AvgIpc) is 3.13. The Balaban J connectivity index is 1.98. The van der Waals surface area contributed by atoms with Gasteiger partial charge in [-0.3, -0.25) is 4.99 Å². The quantitative estimate of drug-likeness (QED) is 0.505. The Morgan fingerprint density at radius 3 is 2.24 bits per heavy atom. The number of nitrogens with zero attached hydrogens (tertiary/aromatic N) is 4. The molecule has 152 valence electrons. The molecule has 0 aliphatic rings. The van der Waals surface area contributed by atoms with Crippen LogP contribution < -0.4 is 9.70 Å². The molecule has 0 spiro atoms. The van der Waals surface area contributed by atoms with Gasteiger partial charge in [0.2, 0.25) is 4.80 Å². The van der Waals surface area contributed by atoms with Gasteiger partial charge in [-0.25, -0.2) is 4.68 Å². The summed E-state index contributed by atoms with van der Waals surface area (Å²) in [6.07, 6.45) is 1.91. The molecule has 0 radical (unpaired) electrons. The predicted octanol–water partition coefficient (Wildman–Crippen LogP) is 5.40. The number of aromatic nitrogens is 1. The zero-order valence-corrected chi connectivity index (χ0v) is 19.0. The van der Waals surface area contributed by atoms with Crippen molar-refractivity contribution in [1.82, 2.24) is 4.68 Å². The zero-order valence-electron chi connectivity index (χ0n) is 18.2. The van der Waals surface area contributed by atoms with Gasteiger partial charge in [-0.15, -0.1) is 11.3 Å². The molecular formula is C24H30N4S. The molecule has 0 saturated heterocycles. The van der Waals surface area contributed by atoms with E-state index in [1.807, 2.05) is 17.9 Å². The monoisotopic (exact) mass is 406 g/mol. The van der Waals surface area contributed by atoms with Crippen LogP contribution in [0.15, 0.2) is 51.9 Å². The third-order valence-electron chi connectivity index (χ3n) is 5.34. The lowest BCUT2D eigenvalue weighted by molar-refractivity contribution is 0.847. The first-order valence-electron chi connectivity index (χ1n) is 10.1. The minimum absolute atomic E-state index is 0.883. The van der Waals surface area contributed by atoms with Crippen molar-refractivity contribution < 1.29 is 0 Å². The van der Waals surface area contributed by atoms with Gasteiger partial charge in [0.15, 0.2) is 0 Å². The molecule has 0 bridgehead atoms. The number of thiazole rings is 1. The summed E-state index contributed by atoms with van der Waals surface area (Å²) in [5.41, 5.74) is 8.44. The largest absolute Gasteiger partial charge is 0.372 e. The van der Waals surface area contributed by atoms with E-state index in [2.05, 4.69) is 86.3 Å². The van der Waals surface area contributed by atoms with Gasteiger partial charge in [0.25, 0.3) is 0 Å². The highest BCUT2D eigenvalue weighted by Crippen LogP contribution is 2.27. The second-order valence-electron chi connectivity index (χ2n) is 7.20. The van der Waals surface area contributed by atoms with E-state index in [0.717, 1.165) is 29.1 Å². The van der Waals surface area contributed by atoms with Crippen molar-refractivity contribution in [2.45, 2.75) is 34.6 Å². The molecule has 0 amide bonds. The van der Waals surface area contributed by atoms with E-state index in [9.17, 15) is 0 Å². The van der Waals surface area contributed by atoms with Gasteiger partial charge >= 0.3 is 0 Å². The first-order valence-corrected chi connectivity index (χ1v) is 11.0. The summed E-state index contributed by atoms with van der Waals surface area (Å²) >= 11 is 1.61. The van der Waals surface area contributed by atoms with Crippen molar-refractivity contribution in [2.24, 2.45) is 10.1 Å². The van der Waals surface area contributed by atoms with Gasteiger partial charge in [-0.1, -0.05) is 18.2 Å². The van der Waals surface area contributed by atoms with Crippen molar-refractivity contribution in [3.63, 3.8) is 0 Å². The summed E-state index contributed by atoms with van der Waals surface area (Å²) in [6, 6.07) is 13.0. The molecule has 5 heteroatoms. The van der Waals surface area contributed by atoms with E-state index in [1.54, 1.807) is 11.3 Å². The van der Waals surface area contributed by atoms with Crippen LogP contribution in [0.2, 0.25) is 0 Å². The van der Waals surface area contributed by atoms with Crippen molar-refractivity contribution in [2.75, 3.05) is 25.0 Å². The lowest BCUT2D eigenvalue weighted by Crippen LogP contribution is -2.21. The highest BCUT2D eigenvalue weighted by Gasteiger charge is 2.11. The van der Waals surface area contributed by atoms with Crippen LogP contribution in [0.3, 0.4) is 0 Å². The molecule has 0 N–H and O–H groups in total. The third-order valence-corrected chi connectivity index (χ3v) is 6.24. The van der Waals surface area contributed by atoms with Gasteiger partial charge in [0, 0.05) is 36.8 Å². The summed E-state index contributed by atoms with van der Waals surface area (Å²) in [5, 5.41) is 6.93. The highest BCUT2D eigenvalue weighted by molar-refractivity contribution is 7.07. The number of aryl methyl sites for hydroxylation is 3. The Kier molecular flexibility index (Phi) is 6.70. The van der Waals surface area contributed by atoms with Crippen molar-refractivity contribution in [3.05, 3.63) is 68.8 Å². The maximum Gasteiger partial charge on any atom is 0.205 e. The van der Waals surface area contributed by atoms with E-state index in [4.69, 9.17) is 5.10 Å². The van der Waals surface area contributed by atoms with Crippen LogP contribution in [0, 0.1) is 20.8 Å². The maximum atomic E-state index is 4.79. The number of hydrogen-bond donors (Lipinski definition) is 0. The lowest BCUT2D eigenvalue weighted by Gasteiger charge is -2.20. The number of benzene rings is 2. The van der Waals surface area contributed by atoms with Gasteiger partial charge in [-0.05, 0) is 75.1 Å². The molecule has 3 aromatic rings. The molecule has 4 nitrogen and oxygen atoms in total. The molecule has 0 fully saturated rings. The van der Waals surface area contributed by atoms with E-state index in [1.165, 1.54) is 27.9 Å². The van der Waals surface area contributed by atoms with Crippen molar-refractivity contribution >= 4 is 23.2 Å². The second kappa shape index (κ2) is 9.23. The molecule has 0 unspecified atom stereocenters. The fraction of sp³-hybridized carbons (Fsp3) is 0.333. The fourth-order valence-electron chi connectivity index (χ4n) is 3.47. The van der Waals surface area contributed by atoms with Gasteiger partial charge in [0.05, 0.1) is 11.9 Å². The van der Waals surface area contributed by atoms with Crippen molar-refractivity contribution in [1.29, 1.82) is 0 Å². The smallest absolute Gasteiger partial charge is 0.205 e. The minimum atomic E-state index is 0.883. The molecule has 1 aromatic heterocycles. The first-order chi connectivity index (χ1) is 14.0. The second-order valence-corrected chi connectivity index (χ2v) is 8.04. The van der Waals surface area contributed by atoms with E-state index < -0.39 is 0 Å². The normalized spacial score (nSPS) is 12.1. The summed E-state index contributed by atoms with van der Waals surface area (Å²) in [7, 11) is 1.81. The Labute approximate surface area is 177 Å². The molecule has 0 aliphatic carbocycles. The lowest BCUT2D eigenvalue weighted by atomic mass is 9.99. The Morgan fingerprint density at radius 2 is 1.62 bits per heavy atom. The van der Waals surface area contributed by atoms with Crippen LogP contribution in [-0.2, 0) is 0 Å². The highest BCUT2D eigenvalue weighted by atomic mass is 32.1. The topological polar surface area (TPSA) is 32.9 Å². The standard InChI is InChI=1S/C24H30N4S/c1-7-27(8-2)21-11-9-20(10-12-21)15-26-28-23(16-29-24(28)25-6)22-14-18(4)17(3)13-19(22)5/h9-16H,7-8H2,1-6H3. The van der Waals surface area contributed by atoms with Gasteiger partial charge in [0.1, 0.15) is 0 Å². The molecule has 0 aliphatic heterocycles. The summed E-state index contributed by atoms with van der Waals surface area (Å²) in [4.78, 5) is 7.64. The van der Waals surface area contributed by atoms with Crippen LogP contribution in [0.25, 0.3) is 11.3 Å². The molecule has 0 atom stereocenters. The molecule has 0 saturated carbocycles. The van der Waals surface area contributed by atoms with Gasteiger partial charge in [-0.2, -0.15) is 5.10 Å². The van der Waals surface area contributed by atoms with E-state index >= 15 is 0 Å². The van der Waals surface area contributed by atoms with E-state index in [-0.39, 0.29) is 0 Å². The van der Waals surface area contributed by atoms with Crippen LogP contribution in [-0.4, -0.2) is 31.0 Å². The van der Waals surface area contributed by atoms with E-state index in [0.29, 0.717) is 0 Å². The zero-order chi connectivity index (χ0) is 21.0. The average molecular weight is 407 g/mol. The number of anilines is 1. The third kappa shape index (κ3) is 4.51. The summed E-state index contributed by atoms with van der Waals surface area (Å²) < 4.78 is 1.94. The fourth-order valence-corrected chi connectivity index (χ4v) is 4.26. The molecule has 1 heterocycles. The summed E-state index contributed by atoms with van der Waals surface area (Å²) in [6.45, 7) is 12.8. The Bertz CT molecular complexity index is 1070.